The van der Waals surface area contributed by atoms with Gasteiger partial charge in [-0.1, -0.05) is 18.2 Å². The molecule has 2 aromatic rings. The topological polar surface area (TPSA) is 47.8 Å². The van der Waals surface area contributed by atoms with E-state index < -0.39 is 0 Å². The number of hydrogen-bond donors (Lipinski definition) is 0. The van der Waals surface area contributed by atoms with E-state index in [0.29, 0.717) is 22.3 Å². The Balaban J connectivity index is 2.98. The Morgan fingerprint density at radius 3 is 2.88 bits per heavy atom. The summed E-state index contributed by atoms with van der Waals surface area (Å²) in [6, 6.07) is 1.56. The molecule has 0 bridgehead atoms. The molecule has 4 nitrogen and oxygen atoms in total. The number of carbonyl (C=O) groups is 1. The highest BCUT2D eigenvalue weighted by Gasteiger charge is 2.16. The first-order valence-electron chi connectivity index (χ1n) is 4.71. The van der Waals surface area contributed by atoms with E-state index in [1.165, 1.54) is 6.92 Å². The molecule has 82 valence electrons. The molecule has 0 radical (unpaired) electrons. The standard InChI is InChI=1S/C11H10ClN3O/c1-4-8-10-7(6(2)16)5-9(12)13-11(10)15(3)14-8/h4-5H,1H2,2-3H3. The van der Waals surface area contributed by atoms with Crippen LogP contribution in [0.25, 0.3) is 17.1 Å². The number of ketones is 1. The first kappa shape index (κ1) is 10.8. The van der Waals surface area contributed by atoms with Crippen LogP contribution in [0.3, 0.4) is 0 Å². The van der Waals surface area contributed by atoms with E-state index in [1.807, 2.05) is 0 Å². The predicted octanol–water partition coefficient (Wildman–Crippen LogP) is 2.47. The van der Waals surface area contributed by atoms with Gasteiger partial charge in [-0.15, -0.1) is 0 Å². The van der Waals surface area contributed by atoms with E-state index >= 15 is 0 Å². The largest absolute Gasteiger partial charge is 0.294 e. The van der Waals surface area contributed by atoms with Crippen molar-refractivity contribution in [2.24, 2.45) is 7.05 Å². The summed E-state index contributed by atoms with van der Waals surface area (Å²) in [5.41, 5.74) is 1.76. The lowest BCUT2D eigenvalue weighted by atomic mass is 10.1. The lowest BCUT2D eigenvalue weighted by Crippen LogP contribution is -1.97. The third-order valence-electron chi connectivity index (χ3n) is 2.36. The van der Waals surface area contributed by atoms with Crippen molar-refractivity contribution in [3.63, 3.8) is 0 Å². The summed E-state index contributed by atoms with van der Waals surface area (Å²) in [5, 5.41) is 5.21. The second kappa shape index (κ2) is 3.72. The van der Waals surface area contributed by atoms with Gasteiger partial charge in [0.05, 0.1) is 11.1 Å². The zero-order valence-corrected chi connectivity index (χ0v) is 9.75. The minimum absolute atomic E-state index is 0.0644. The number of aryl methyl sites for hydroxylation is 1. The molecular formula is C11H10ClN3O. The summed E-state index contributed by atoms with van der Waals surface area (Å²) in [6.45, 7) is 5.16. The normalized spacial score (nSPS) is 10.7. The fraction of sp³-hybridized carbons (Fsp3) is 0.182. The van der Waals surface area contributed by atoms with Gasteiger partial charge in [-0.25, -0.2) is 9.67 Å². The molecule has 0 unspecified atom stereocenters. The quantitative estimate of drug-likeness (QED) is 0.594. The van der Waals surface area contributed by atoms with Gasteiger partial charge in [0.15, 0.2) is 11.4 Å². The van der Waals surface area contributed by atoms with Crippen molar-refractivity contribution in [3.05, 3.63) is 29.1 Å². The molecule has 2 heterocycles. The van der Waals surface area contributed by atoms with Gasteiger partial charge in [-0.3, -0.25) is 4.79 Å². The molecule has 0 atom stereocenters. The van der Waals surface area contributed by atoms with Crippen molar-refractivity contribution >= 4 is 34.5 Å². The van der Waals surface area contributed by atoms with E-state index in [0.717, 1.165) is 0 Å². The van der Waals surface area contributed by atoms with Crippen molar-refractivity contribution < 1.29 is 4.79 Å². The van der Waals surface area contributed by atoms with Crippen molar-refractivity contribution in [3.8, 4) is 0 Å². The molecule has 0 spiro atoms. The third kappa shape index (κ3) is 1.51. The van der Waals surface area contributed by atoms with Crippen LogP contribution >= 0.6 is 11.6 Å². The van der Waals surface area contributed by atoms with Gasteiger partial charge in [0, 0.05) is 12.6 Å². The fourth-order valence-corrected chi connectivity index (χ4v) is 1.86. The molecule has 0 saturated carbocycles. The summed E-state index contributed by atoms with van der Waals surface area (Å²) >= 11 is 5.86. The monoisotopic (exact) mass is 235 g/mol. The second-order valence-electron chi connectivity index (χ2n) is 3.46. The SMILES string of the molecule is C=Cc1nn(C)c2nc(Cl)cc(C(C)=O)c12. The Bertz CT molecular complexity index is 601. The van der Waals surface area contributed by atoms with Gasteiger partial charge in [0.2, 0.25) is 0 Å². The third-order valence-corrected chi connectivity index (χ3v) is 2.56. The van der Waals surface area contributed by atoms with Gasteiger partial charge in [0.1, 0.15) is 5.15 Å². The zero-order chi connectivity index (χ0) is 11.9. The van der Waals surface area contributed by atoms with Gasteiger partial charge >= 0.3 is 0 Å². The summed E-state index contributed by atoms with van der Waals surface area (Å²) < 4.78 is 1.59. The Labute approximate surface area is 97.5 Å². The molecule has 5 heteroatoms. The number of nitrogens with zero attached hydrogens (tertiary/aromatic N) is 3. The molecule has 0 amide bonds. The molecule has 0 aliphatic rings. The van der Waals surface area contributed by atoms with E-state index in [-0.39, 0.29) is 10.9 Å². The Hall–Kier alpha value is -1.68. The zero-order valence-electron chi connectivity index (χ0n) is 8.99. The Kier molecular flexibility index (Phi) is 2.52. The first-order chi connectivity index (χ1) is 7.54. The summed E-state index contributed by atoms with van der Waals surface area (Å²) in [4.78, 5) is 15.7. The highest BCUT2D eigenvalue weighted by Crippen LogP contribution is 2.24. The molecule has 0 aromatic carbocycles. The number of fused-ring (bicyclic) bond motifs is 1. The van der Waals surface area contributed by atoms with Crippen LogP contribution in [0.5, 0.6) is 0 Å². The van der Waals surface area contributed by atoms with E-state index in [4.69, 9.17) is 11.6 Å². The van der Waals surface area contributed by atoms with Crippen molar-refractivity contribution in [2.45, 2.75) is 6.92 Å². The van der Waals surface area contributed by atoms with Crippen LogP contribution in [0.4, 0.5) is 0 Å². The smallest absolute Gasteiger partial charge is 0.160 e. The van der Waals surface area contributed by atoms with Crippen LogP contribution in [-0.2, 0) is 7.05 Å². The van der Waals surface area contributed by atoms with Crippen LogP contribution in [0.15, 0.2) is 12.6 Å². The molecular weight excluding hydrogens is 226 g/mol. The summed E-state index contributed by atoms with van der Waals surface area (Å²) in [7, 11) is 1.75. The number of halogens is 1. The molecule has 2 rings (SSSR count). The molecule has 0 fully saturated rings. The molecule has 2 aromatic heterocycles. The number of aromatic nitrogens is 3. The minimum Gasteiger partial charge on any atom is -0.294 e. The molecule has 0 aliphatic carbocycles. The highest BCUT2D eigenvalue weighted by molar-refractivity contribution is 6.30. The average molecular weight is 236 g/mol. The van der Waals surface area contributed by atoms with Gasteiger partial charge in [-0.05, 0) is 19.1 Å². The minimum atomic E-state index is -0.0644. The second-order valence-corrected chi connectivity index (χ2v) is 3.85. The van der Waals surface area contributed by atoms with Crippen molar-refractivity contribution in [1.29, 1.82) is 0 Å². The maximum atomic E-state index is 11.5. The van der Waals surface area contributed by atoms with Crippen molar-refractivity contribution in [2.75, 3.05) is 0 Å². The van der Waals surface area contributed by atoms with E-state index in [1.54, 1.807) is 23.9 Å². The van der Waals surface area contributed by atoms with Crippen LogP contribution in [0, 0.1) is 0 Å². The van der Waals surface area contributed by atoms with Gasteiger partial charge < -0.3 is 0 Å². The lowest BCUT2D eigenvalue weighted by Gasteiger charge is -2.00. The number of hydrogen-bond acceptors (Lipinski definition) is 3. The average Bonchev–Trinajstić information content (AvgIpc) is 2.54. The number of carbonyl (C=O) groups excluding carboxylic acids is 1. The predicted molar refractivity (Wildman–Crippen MR) is 63.6 cm³/mol. The van der Waals surface area contributed by atoms with E-state index in [9.17, 15) is 4.79 Å². The highest BCUT2D eigenvalue weighted by atomic mass is 35.5. The van der Waals surface area contributed by atoms with Crippen LogP contribution < -0.4 is 0 Å². The van der Waals surface area contributed by atoms with Crippen LogP contribution in [0.2, 0.25) is 5.15 Å². The van der Waals surface area contributed by atoms with Gasteiger partial charge in [-0.2, -0.15) is 5.10 Å². The molecule has 0 N–H and O–H groups in total. The fourth-order valence-electron chi connectivity index (χ4n) is 1.67. The summed E-state index contributed by atoms with van der Waals surface area (Å²) in [5.74, 6) is -0.0644. The Morgan fingerprint density at radius 1 is 1.62 bits per heavy atom. The molecule has 16 heavy (non-hydrogen) atoms. The van der Waals surface area contributed by atoms with Crippen LogP contribution in [-0.4, -0.2) is 20.5 Å². The maximum Gasteiger partial charge on any atom is 0.160 e. The van der Waals surface area contributed by atoms with E-state index in [2.05, 4.69) is 16.7 Å². The van der Waals surface area contributed by atoms with Gasteiger partial charge in [0.25, 0.3) is 0 Å². The molecule has 0 aliphatic heterocycles. The number of Topliss-reactive ketones (excluding diaryl/α,β-unsaturated/α-hetero) is 1. The van der Waals surface area contributed by atoms with Crippen LogP contribution in [0.1, 0.15) is 23.0 Å². The maximum absolute atomic E-state index is 11.5. The number of pyridine rings is 1. The lowest BCUT2D eigenvalue weighted by molar-refractivity contribution is 0.101. The summed E-state index contributed by atoms with van der Waals surface area (Å²) in [6.07, 6.45) is 1.60. The number of rotatable bonds is 2. The Morgan fingerprint density at radius 2 is 2.31 bits per heavy atom. The van der Waals surface area contributed by atoms with Crippen molar-refractivity contribution in [1.82, 2.24) is 14.8 Å². The first-order valence-corrected chi connectivity index (χ1v) is 5.09. The molecule has 0 saturated heterocycles.